The summed E-state index contributed by atoms with van der Waals surface area (Å²) in [6.07, 6.45) is 0.430. The maximum Gasteiger partial charge on any atom is 0.341 e. The molecule has 0 saturated heterocycles. The van der Waals surface area contributed by atoms with Crippen LogP contribution < -0.4 is 11.1 Å². The first-order valence-electron chi connectivity index (χ1n) is 8.70. The summed E-state index contributed by atoms with van der Waals surface area (Å²) in [7, 11) is 0. The van der Waals surface area contributed by atoms with Gasteiger partial charge in [0.1, 0.15) is 5.03 Å². The second kappa shape index (κ2) is 9.36. The Bertz CT molecular complexity index is 899. The van der Waals surface area contributed by atoms with Crippen molar-refractivity contribution in [3.8, 4) is 0 Å². The number of benzene rings is 1. The van der Waals surface area contributed by atoms with E-state index in [0.717, 1.165) is 10.5 Å². The van der Waals surface area contributed by atoms with Gasteiger partial charge in [0.25, 0.3) is 5.91 Å². The molecule has 7 nitrogen and oxygen atoms in total. The molecule has 3 N–H and O–H groups in total. The molecular weight excluding hydrogens is 378 g/mol. The first-order chi connectivity index (χ1) is 13.2. The summed E-state index contributed by atoms with van der Waals surface area (Å²) in [5, 5.41) is 2.42. The molecule has 3 amide bonds. The zero-order valence-electron chi connectivity index (χ0n) is 16.2. The molecule has 0 bridgehead atoms. The van der Waals surface area contributed by atoms with Gasteiger partial charge in [0.05, 0.1) is 5.56 Å². The number of pyridine rings is 1. The number of nitrogens with two attached hydrogens (primary N) is 1. The van der Waals surface area contributed by atoms with Gasteiger partial charge < -0.3 is 10.5 Å². The lowest BCUT2D eigenvalue weighted by Gasteiger charge is -2.20. The first kappa shape index (κ1) is 21.4. The number of nitrogens with one attached hydrogen (secondary N) is 1. The topological polar surface area (TPSA) is 111 Å². The molecule has 148 valence electrons. The molecule has 0 fully saturated rings. The minimum Gasteiger partial charge on any atom is -0.448 e. The van der Waals surface area contributed by atoms with Crippen molar-refractivity contribution in [2.75, 3.05) is 0 Å². The number of nitrogens with zero attached hydrogens (tertiary/aromatic N) is 1. The number of rotatable bonds is 6. The molecule has 1 aromatic carbocycles. The third-order valence-electron chi connectivity index (χ3n) is 4.03. The Balaban J connectivity index is 2.24. The number of amides is 3. The summed E-state index contributed by atoms with van der Waals surface area (Å²) in [6, 6.07) is 8.17. The van der Waals surface area contributed by atoms with Gasteiger partial charge in [-0.25, -0.2) is 14.6 Å². The highest BCUT2D eigenvalue weighted by molar-refractivity contribution is 7.99. The zero-order valence-corrected chi connectivity index (χ0v) is 17.0. The highest BCUT2D eigenvalue weighted by atomic mass is 32.2. The normalized spacial score (nSPS) is 11.8. The average Bonchev–Trinajstić information content (AvgIpc) is 2.62. The Morgan fingerprint density at radius 2 is 1.86 bits per heavy atom. The van der Waals surface area contributed by atoms with E-state index >= 15 is 0 Å². The largest absolute Gasteiger partial charge is 0.448 e. The second-order valence-corrected chi connectivity index (χ2v) is 7.69. The molecule has 8 heteroatoms. The number of carbonyl (C=O) groups excluding carboxylic acids is 3. The summed E-state index contributed by atoms with van der Waals surface area (Å²) in [5.41, 5.74) is 7.52. The maximum absolute atomic E-state index is 12.7. The van der Waals surface area contributed by atoms with Crippen molar-refractivity contribution in [1.29, 1.82) is 0 Å². The van der Waals surface area contributed by atoms with Crippen LogP contribution in [0.4, 0.5) is 4.79 Å². The van der Waals surface area contributed by atoms with Crippen LogP contribution in [0.2, 0.25) is 0 Å². The number of ether oxygens (including phenoxy) is 1. The maximum atomic E-state index is 12.7. The van der Waals surface area contributed by atoms with Crippen molar-refractivity contribution in [1.82, 2.24) is 10.3 Å². The highest BCUT2D eigenvalue weighted by Crippen LogP contribution is 2.30. The number of primary amides is 1. The molecule has 2 rings (SSSR count). The van der Waals surface area contributed by atoms with Crippen LogP contribution >= 0.6 is 11.8 Å². The van der Waals surface area contributed by atoms with E-state index in [0.29, 0.717) is 5.03 Å². The minimum absolute atomic E-state index is 0.239. The molecule has 0 spiro atoms. The van der Waals surface area contributed by atoms with Crippen LogP contribution in [0, 0.1) is 19.8 Å². The van der Waals surface area contributed by atoms with Crippen LogP contribution in [0.1, 0.15) is 35.3 Å². The standard InChI is InChI=1S/C20H23N3O4S/c1-11(2)16(17(24)23-20(21)26)27-19(25)15-6-5-9-22-18(15)28-14-8-7-12(3)13(4)10-14/h5-11,16H,1-4H3,(H3,21,23,24,26)/t16-/m1/s1. The number of hydrogen-bond acceptors (Lipinski definition) is 6. The van der Waals surface area contributed by atoms with Gasteiger partial charge in [0.15, 0.2) is 6.10 Å². The van der Waals surface area contributed by atoms with Crippen LogP contribution in [0.25, 0.3) is 0 Å². The summed E-state index contributed by atoms with van der Waals surface area (Å²) in [4.78, 5) is 41.0. The SMILES string of the molecule is Cc1ccc(Sc2ncccc2C(=O)O[C@@H](C(=O)NC(N)=O)C(C)C)cc1C. The van der Waals surface area contributed by atoms with Crippen molar-refractivity contribution < 1.29 is 19.1 Å². The Morgan fingerprint density at radius 1 is 1.14 bits per heavy atom. The van der Waals surface area contributed by atoms with Crippen LogP contribution in [0.5, 0.6) is 0 Å². The van der Waals surface area contributed by atoms with Crippen molar-refractivity contribution in [3.63, 3.8) is 0 Å². The monoisotopic (exact) mass is 401 g/mol. The summed E-state index contributed by atoms with van der Waals surface area (Å²) in [6.45, 7) is 7.44. The van der Waals surface area contributed by atoms with E-state index in [1.54, 1.807) is 32.2 Å². The number of aromatic nitrogens is 1. The molecule has 2 aromatic rings. The predicted octanol–water partition coefficient (Wildman–Crippen LogP) is 3.23. The zero-order chi connectivity index (χ0) is 20.8. The number of aryl methyl sites for hydroxylation is 2. The van der Waals surface area contributed by atoms with E-state index in [9.17, 15) is 14.4 Å². The molecule has 0 radical (unpaired) electrons. The van der Waals surface area contributed by atoms with E-state index in [-0.39, 0.29) is 11.5 Å². The van der Waals surface area contributed by atoms with Crippen molar-refractivity contribution in [2.24, 2.45) is 11.7 Å². The molecule has 0 unspecified atom stereocenters. The van der Waals surface area contributed by atoms with Crippen molar-refractivity contribution in [3.05, 3.63) is 53.2 Å². The van der Waals surface area contributed by atoms with Crippen LogP contribution in [-0.4, -0.2) is 29.0 Å². The molecule has 28 heavy (non-hydrogen) atoms. The number of hydrogen-bond donors (Lipinski definition) is 2. The Hall–Kier alpha value is -2.87. The van der Waals surface area contributed by atoms with E-state index in [2.05, 4.69) is 4.98 Å². The smallest absolute Gasteiger partial charge is 0.341 e. The molecule has 1 atom stereocenters. The van der Waals surface area contributed by atoms with E-state index in [1.807, 2.05) is 37.4 Å². The lowest BCUT2D eigenvalue weighted by molar-refractivity contribution is -0.130. The van der Waals surface area contributed by atoms with Gasteiger partial charge in [-0.05, 0) is 55.2 Å². The summed E-state index contributed by atoms with van der Waals surface area (Å²) in [5.74, 6) is -1.81. The fourth-order valence-corrected chi connectivity index (χ4v) is 3.35. The summed E-state index contributed by atoms with van der Waals surface area (Å²) < 4.78 is 5.37. The van der Waals surface area contributed by atoms with Gasteiger partial charge in [0, 0.05) is 11.1 Å². The molecule has 0 aliphatic rings. The van der Waals surface area contributed by atoms with Crippen molar-refractivity contribution in [2.45, 2.75) is 43.7 Å². The van der Waals surface area contributed by atoms with Crippen LogP contribution in [0.15, 0.2) is 46.5 Å². The number of esters is 1. The molecule has 0 aliphatic carbocycles. The predicted molar refractivity (Wildman–Crippen MR) is 106 cm³/mol. The molecule has 0 saturated carbocycles. The quantitative estimate of drug-likeness (QED) is 0.719. The number of carbonyl (C=O) groups is 3. The molecule has 0 aliphatic heterocycles. The van der Waals surface area contributed by atoms with Gasteiger partial charge in [-0.1, -0.05) is 31.7 Å². The first-order valence-corrected chi connectivity index (χ1v) is 9.52. The molecule has 1 aromatic heterocycles. The Kier molecular flexibility index (Phi) is 7.17. The van der Waals surface area contributed by atoms with Crippen LogP contribution in [-0.2, 0) is 9.53 Å². The third kappa shape index (κ3) is 5.56. The minimum atomic E-state index is -1.15. The van der Waals surface area contributed by atoms with Gasteiger partial charge >= 0.3 is 12.0 Å². The Labute approximate surface area is 168 Å². The molecule has 1 heterocycles. The van der Waals surface area contributed by atoms with Crippen LogP contribution in [0.3, 0.4) is 0 Å². The van der Waals surface area contributed by atoms with Crippen molar-refractivity contribution >= 4 is 29.7 Å². The second-order valence-electron chi connectivity index (χ2n) is 6.63. The van der Waals surface area contributed by atoms with Gasteiger partial charge in [0.2, 0.25) is 0 Å². The van der Waals surface area contributed by atoms with E-state index in [4.69, 9.17) is 10.5 Å². The highest BCUT2D eigenvalue weighted by Gasteiger charge is 2.29. The lowest BCUT2D eigenvalue weighted by atomic mass is 10.1. The number of imide groups is 1. The molecular formula is C20H23N3O4S. The summed E-state index contributed by atoms with van der Waals surface area (Å²) >= 11 is 1.33. The number of urea groups is 1. The van der Waals surface area contributed by atoms with E-state index < -0.39 is 24.0 Å². The fourth-order valence-electron chi connectivity index (χ4n) is 2.38. The van der Waals surface area contributed by atoms with Gasteiger partial charge in [-0.15, -0.1) is 0 Å². The van der Waals surface area contributed by atoms with Gasteiger partial charge in [-0.2, -0.15) is 0 Å². The van der Waals surface area contributed by atoms with Gasteiger partial charge in [-0.3, -0.25) is 10.1 Å². The average molecular weight is 401 g/mol. The Morgan fingerprint density at radius 3 is 2.46 bits per heavy atom. The fraction of sp³-hybridized carbons (Fsp3) is 0.300. The van der Waals surface area contributed by atoms with E-state index in [1.165, 1.54) is 17.3 Å². The lowest BCUT2D eigenvalue weighted by Crippen LogP contribution is -2.45. The third-order valence-corrected chi connectivity index (χ3v) is 5.04.